The van der Waals surface area contributed by atoms with Crippen molar-refractivity contribution in [3.8, 4) is 0 Å². The summed E-state index contributed by atoms with van der Waals surface area (Å²) in [5.41, 5.74) is 2.63. The molecule has 0 aliphatic carbocycles. The van der Waals surface area contributed by atoms with Gasteiger partial charge < -0.3 is 5.11 Å². The van der Waals surface area contributed by atoms with Crippen LogP contribution in [0.2, 0.25) is 0 Å². The molecule has 1 heterocycles. The van der Waals surface area contributed by atoms with Crippen LogP contribution in [0.25, 0.3) is 0 Å². The highest BCUT2D eigenvalue weighted by molar-refractivity contribution is 5.93. The Bertz CT molecular complexity index is 914. The molecule has 2 aromatic rings. The minimum Gasteiger partial charge on any atom is -0.478 e. The van der Waals surface area contributed by atoms with Crippen LogP contribution in [-0.4, -0.2) is 21.7 Å². The average Bonchev–Trinajstić information content (AvgIpc) is 3.07. The Labute approximate surface area is 157 Å². The molecule has 1 N–H and O–H groups in total. The highest BCUT2D eigenvalue weighted by atomic mass is 16.6. The fourth-order valence-electron chi connectivity index (χ4n) is 3.07. The molecule has 0 radical (unpaired) electrons. The maximum atomic E-state index is 11.2. The number of carboxylic acid groups (broad SMARTS) is 1. The summed E-state index contributed by atoms with van der Waals surface area (Å²) in [6.45, 7) is 6.23. The molecule has 140 valence electrons. The highest BCUT2D eigenvalue weighted by Gasteiger charge is 2.34. The number of non-ortho nitro benzene ring substituents is 1. The third-order valence-electron chi connectivity index (χ3n) is 4.62. The molecular formula is C20H21N3O4. The summed E-state index contributed by atoms with van der Waals surface area (Å²) < 4.78 is 0. The maximum absolute atomic E-state index is 11.2. The van der Waals surface area contributed by atoms with E-state index in [0.717, 1.165) is 17.0 Å². The molecule has 0 amide bonds. The molecule has 0 saturated heterocycles. The zero-order valence-corrected chi connectivity index (χ0v) is 15.4. The lowest BCUT2D eigenvalue weighted by Crippen LogP contribution is -2.19. The van der Waals surface area contributed by atoms with E-state index in [1.165, 1.54) is 18.2 Å². The normalized spacial score (nSPS) is 16.9. The summed E-state index contributed by atoms with van der Waals surface area (Å²) >= 11 is 0. The predicted octanol–water partition coefficient (Wildman–Crippen LogP) is 4.65. The zero-order valence-electron chi connectivity index (χ0n) is 15.4. The van der Waals surface area contributed by atoms with Crippen LogP contribution < -0.4 is 5.01 Å². The number of rotatable bonds is 4. The average molecular weight is 367 g/mol. The molecule has 0 saturated carbocycles. The molecule has 1 atom stereocenters. The van der Waals surface area contributed by atoms with E-state index in [-0.39, 0.29) is 22.7 Å². The van der Waals surface area contributed by atoms with Gasteiger partial charge in [0, 0.05) is 29.7 Å². The van der Waals surface area contributed by atoms with Gasteiger partial charge in [0.25, 0.3) is 5.69 Å². The topological polar surface area (TPSA) is 96.0 Å². The van der Waals surface area contributed by atoms with Gasteiger partial charge in [0.05, 0.1) is 22.2 Å². The van der Waals surface area contributed by atoms with Crippen LogP contribution in [0.4, 0.5) is 11.4 Å². The largest absolute Gasteiger partial charge is 0.478 e. The lowest BCUT2D eigenvalue weighted by Gasteiger charge is -2.24. The van der Waals surface area contributed by atoms with Crippen molar-refractivity contribution in [2.75, 3.05) is 5.01 Å². The molecule has 7 heteroatoms. The Kier molecular flexibility index (Phi) is 4.70. The van der Waals surface area contributed by atoms with Gasteiger partial charge in [-0.2, -0.15) is 5.10 Å². The van der Waals surface area contributed by atoms with E-state index in [1.54, 1.807) is 24.3 Å². The van der Waals surface area contributed by atoms with Crippen molar-refractivity contribution in [2.45, 2.75) is 33.2 Å². The fourth-order valence-corrected chi connectivity index (χ4v) is 3.07. The second-order valence-corrected chi connectivity index (χ2v) is 7.57. The van der Waals surface area contributed by atoms with Crippen molar-refractivity contribution >= 4 is 23.1 Å². The van der Waals surface area contributed by atoms with Crippen LogP contribution in [0.1, 0.15) is 49.2 Å². The van der Waals surface area contributed by atoms with Crippen LogP contribution >= 0.6 is 0 Å². The van der Waals surface area contributed by atoms with E-state index in [1.807, 2.05) is 11.1 Å². The van der Waals surface area contributed by atoms with E-state index >= 15 is 0 Å². The molecule has 0 fully saturated rings. The van der Waals surface area contributed by atoms with Gasteiger partial charge in [0.15, 0.2) is 0 Å². The number of hydrogen-bond donors (Lipinski definition) is 1. The zero-order chi connectivity index (χ0) is 19.8. The lowest BCUT2D eigenvalue weighted by atomic mass is 9.86. The summed E-state index contributed by atoms with van der Waals surface area (Å²) in [5, 5.41) is 26.8. The first-order chi connectivity index (χ1) is 12.7. The van der Waals surface area contributed by atoms with E-state index in [9.17, 15) is 14.9 Å². The van der Waals surface area contributed by atoms with Crippen molar-refractivity contribution in [3.05, 3.63) is 69.8 Å². The van der Waals surface area contributed by atoms with Crippen molar-refractivity contribution in [1.29, 1.82) is 0 Å². The SMILES string of the molecule is CC(C)(C)C1=NN(c2ccc(C(=O)O)cc2)C(c2cccc([N+](=O)[O-])c2)C1. The number of benzene rings is 2. The fraction of sp³-hybridized carbons (Fsp3) is 0.300. The van der Waals surface area contributed by atoms with E-state index in [4.69, 9.17) is 10.2 Å². The van der Waals surface area contributed by atoms with Crippen molar-refractivity contribution < 1.29 is 14.8 Å². The first-order valence-corrected chi connectivity index (χ1v) is 8.62. The van der Waals surface area contributed by atoms with Gasteiger partial charge in [-0.25, -0.2) is 4.79 Å². The maximum Gasteiger partial charge on any atom is 0.335 e. The first kappa shape index (κ1) is 18.6. The molecule has 1 aliphatic rings. The molecule has 1 unspecified atom stereocenters. The van der Waals surface area contributed by atoms with Gasteiger partial charge in [0.1, 0.15) is 0 Å². The minimum atomic E-state index is -0.989. The number of carboxylic acids is 1. The molecule has 3 rings (SSSR count). The monoisotopic (exact) mass is 367 g/mol. The summed E-state index contributed by atoms with van der Waals surface area (Å²) in [7, 11) is 0. The molecule has 27 heavy (non-hydrogen) atoms. The molecule has 7 nitrogen and oxygen atoms in total. The third kappa shape index (κ3) is 3.81. The molecule has 0 bridgehead atoms. The standard InChI is InChI=1S/C20H21N3O4/c1-20(2,3)18-12-17(14-5-4-6-16(11-14)23(26)27)22(21-18)15-9-7-13(8-10-15)19(24)25/h4-11,17H,12H2,1-3H3,(H,24,25). The smallest absolute Gasteiger partial charge is 0.335 e. The van der Waals surface area contributed by atoms with Gasteiger partial charge in [-0.15, -0.1) is 0 Å². The molecule has 0 spiro atoms. The minimum absolute atomic E-state index is 0.0397. The van der Waals surface area contributed by atoms with Crippen molar-refractivity contribution in [3.63, 3.8) is 0 Å². The van der Waals surface area contributed by atoms with Crippen molar-refractivity contribution in [2.24, 2.45) is 10.5 Å². The van der Waals surface area contributed by atoms with Crippen LogP contribution in [0.5, 0.6) is 0 Å². The Morgan fingerprint density at radius 3 is 2.44 bits per heavy atom. The predicted molar refractivity (Wildman–Crippen MR) is 103 cm³/mol. The summed E-state index contributed by atoms with van der Waals surface area (Å²) in [6, 6.07) is 12.9. The summed E-state index contributed by atoms with van der Waals surface area (Å²) in [4.78, 5) is 21.8. The van der Waals surface area contributed by atoms with Crippen molar-refractivity contribution in [1.82, 2.24) is 0 Å². The second kappa shape index (κ2) is 6.83. The second-order valence-electron chi connectivity index (χ2n) is 7.57. The summed E-state index contributed by atoms with van der Waals surface area (Å²) in [5.74, 6) is -0.989. The number of hydrazone groups is 1. The molecule has 1 aliphatic heterocycles. The Balaban J connectivity index is 2.03. The Hall–Kier alpha value is -3.22. The van der Waals surface area contributed by atoms with E-state index in [2.05, 4.69) is 20.8 Å². The number of carbonyl (C=O) groups is 1. The van der Waals surface area contributed by atoms with Crippen LogP contribution in [0, 0.1) is 15.5 Å². The highest BCUT2D eigenvalue weighted by Crippen LogP contribution is 2.40. The molecule has 2 aromatic carbocycles. The third-order valence-corrected chi connectivity index (χ3v) is 4.62. The lowest BCUT2D eigenvalue weighted by molar-refractivity contribution is -0.384. The van der Waals surface area contributed by atoms with Gasteiger partial charge in [-0.1, -0.05) is 32.9 Å². The number of nitro benzene ring substituents is 1. The van der Waals surface area contributed by atoms with Crippen LogP contribution in [0.3, 0.4) is 0 Å². The van der Waals surface area contributed by atoms with Gasteiger partial charge in [0.2, 0.25) is 0 Å². The number of aromatic carboxylic acids is 1. The number of hydrogen-bond acceptors (Lipinski definition) is 5. The van der Waals surface area contributed by atoms with Crippen LogP contribution in [-0.2, 0) is 0 Å². The van der Waals surface area contributed by atoms with Crippen LogP contribution in [0.15, 0.2) is 53.6 Å². The number of nitrogens with zero attached hydrogens (tertiary/aromatic N) is 3. The first-order valence-electron chi connectivity index (χ1n) is 8.62. The molecule has 0 aromatic heterocycles. The Morgan fingerprint density at radius 2 is 1.89 bits per heavy atom. The quantitative estimate of drug-likeness (QED) is 0.627. The van der Waals surface area contributed by atoms with Gasteiger partial charge >= 0.3 is 5.97 Å². The Morgan fingerprint density at radius 1 is 1.22 bits per heavy atom. The summed E-state index contributed by atoms with van der Waals surface area (Å²) in [6.07, 6.45) is 0.644. The molecular weight excluding hydrogens is 346 g/mol. The number of anilines is 1. The van der Waals surface area contributed by atoms with E-state index in [0.29, 0.717) is 6.42 Å². The van der Waals surface area contributed by atoms with Gasteiger partial charge in [-0.3, -0.25) is 15.1 Å². The van der Waals surface area contributed by atoms with E-state index < -0.39 is 10.9 Å². The number of nitro groups is 1. The van der Waals surface area contributed by atoms with Gasteiger partial charge in [-0.05, 0) is 29.8 Å².